The zero-order chi connectivity index (χ0) is 15.4. The van der Waals surface area contributed by atoms with E-state index in [1.165, 1.54) is 0 Å². The highest BCUT2D eigenvalue weighted by Crippen LogP contribution is 2.23. The van der Waals surface area contributed by atoms with E-state index in [2.05, 4.69) is 5.10 Å². The van der Waals surface area contributed by atoms with Gasteiger partial charge in [-0.15, -0.1) is 0 Å². The average molecular weight is 307 g/mol. The number of ketones is 1. The number of aromatic nitrogens is 2. The molecule has 0 unspecified atom stereocenters. The molecular weight excluding hydrogens is 288 g/mol. The number of nitrogens with zero attached hydrogens (tertiary/aromatic N) is 2. The van der Waals surface area contributed by atoms with Crippen molar-refractivity contribution in [3.05, 3.63) is 46.2 Å². The monoisotopic (exact) mass is 306 g/mol. The van der Waals surface area contributed by atoms with Crippen LogP contribution in [0.3, 0.4) is 0 Å². The van der Waals surface area contributed by atoms with Gasteiger partial charge in [0.15, 0.2) is 5.78 Å². The van der Waals surface area contributed by atoms with Gasteiger partial charge in [-0.2, -0.15) is 5.10 Å². The normalized spacial score (nSPS) is 10.7. The molecule has 0 radical (unpaired) electrons. The summed E-state index contributed by atoms with van der Waals surface area (Å²) in [6.45, 7) is 4.69. The van der Waals surface area contributed by atoms with Crippen LogP contribution in [0.4, 0.5) is 0 Å². The maximum atomic E-state index is 12.4. The molecule has 1 aromatic carbocycles. The lowest BCUT2D eigenvalue weighted by Gasteiger charge is -2.06. The zero-order valence-electron chi connectivity index (χ0n) is 12.5. The van der Waals surface area contributed by atoms with Crippen molar-refractivity contribution in [1.82, 2.24) is 9.78 Å². The van der Waals surface area contributed by atoms with Crippen LogP contribution in [0.15, 0.2) is 24.3 Å². The molecule has 112 valence electrons. The largest absolute Gasteiger partial charge is 0.497 e. The molecular formula is C16H19ClN2O2. The summed E-state index contributed by atoms with van der Waals surface area (Å²) in [5.41, 5.74) is 2.28. The Morgan fingerprint density at radius 1 is 1.29 bits per heavy atom. The molecule has 0 aliphatic carbocycles. The van der Waals surface area contributed by atoms with Crippen LogP contribution in [0.1, 0.15) is 35.6 Å². The van der Waals surface area contributed by atoms with Gasteiger partial charge in [0, 0.05) is 12.1 Å². The number of hydrogen-bond donors (Lipinski definition) is 0. The van der Waals surface area contributed by atoms with Gasteiger partial charge in [-0.25, -0.2) is 0 Å². The van der Waals surface area contributed by atoms with Crippen molar-refractivity contribution >= 4 is 17.4 Å². The van der Waals surface area contributed by atoms with Crippen LogP contribution in [0, 0.1) is 0 Å². The van der Waals surface area contributed by atoms with E-state index in [-0.39, 0.29) is 12.2 Å². The molecule has 21 heavy (non-hydrogen) atoms. The van der Waals surface area contributed by atoms with Gasteiger partial charge >= 0.3 is 0 Å². The van der Waals surface area contributed by atoms with Crippen molar-refractivity contribution in [2.45, 2.75) is 33.2 Å². The third-order valence-corrected chi connectivity index (χ3v) is 3.87. The molecule has 2 aromatic rings. The van der Waals surface area contributed by atoms with Gasteiger partial charge in [-0.1, -0.05) is 18.5 Å². The zero-order valence-corrected chi connectivity index (χ0v) is 13.3. The predicted molar refractivity (Wildman–Crippen MR) is 83.3 cm³/mol. The molecule has 0 aliphatic heterocycles. The molecule has 2 rings (SSSR count). The summed E-state index contributed by atoms with van der Waals surface area (Å²) in [4.78, 5) is 12.4. The van der Waals surface area contributed by atoms with E-state index in [4.69, 9.17) is 16.3 Å². The molecule has 0 aliphatic rings. The minimum Gasteiger partial charge on any atom is -0.497 e. The van der Waals surface area contributed by atoms with E-state index in [0.29, 0.717) is 17.1 Å². The lowest BCUT2D eigenvalue weighted by molar-refractivity contribution is 0.0990. The van der Waals surface area contributed by atoms with Crippen LogP contribution in [0.2, 0.25) is 5.02 Å². The van der Waals surface area contributed by atoms with Crippen molar-refractivity contribution < 1.29 is 9.53 Å². The van der Waals surface area contributed by atoms with Gasteiger partial charge in [-0.05, 0) is 37.6 Å². The lowest BCUT2D eigenvalue weighted by Crippen LogP contribution is -2.10. The summed E-state index contributed by atoms with van der Waals surface area (Å²) in [5, 5.41) is 5.05. The quantitative estimate of drug-likeness (QED) is 0.767. The van der Waals surface area contributed by atoms with Gasteiger partial charge < -0.3 is 4.74 Å². The SMILES string of the molecule is CCc1nn(CC)c(CC(=O)c2ccc(OC)cc2)c1Cl. The summed E-state index contributed by atoms with van der Waals surface area (Å²) >= 11 is 6.33. The maximum Gasteiger partial charge on any atom is 0.168 e. The Balaban J connectivity index is 2.24. The van der Waals surface area contributed by atoms with E-state index in [9.17, 15) is 4.79 Å². The number of carbonyl (C=O) groups excluding carboxylic acids is 1. The summed E-state index contributed by atoms with van der Waals surface area (Å²) in [7, 11) is 1.60. The first-order valence-electron chi connectivity index (χ1n) is 7.02. The predicted octanol–water partition coefficient (Wildman–Crippen LogP) is 3.55. The van der Waals surface area contributed by atoms with Crippen LogP contribution in [-0.4, -0.2) is 22.7 Å². The molecule has 0 spiro atoms. The molecule has 5 heteroatoms. The van der Waals surface area contributed by atoms with Crippen LogP contribution in [0.5, 0.6) is 5.75 Å². The van der Waals surface area contributed by atoms with Crippen LogP contribution >= 0.6 is 11.6 Å². The first-order valence-corrected chi connectivity index (χ1v) is 7.39. The number of hydrogen-bond acceptors (Lipinski definition) is 3. The van der Waals surface area contributed by atoms with E-state index in [1.54, 1.807) is 31.4 Å². The molecule has 0 fully saturated rings. The van der Waals surface area contributed by atoms with Crippen molar-refractivity contribution in [1.29, 1.82) is 0 Å². The van der Waals surface area contributed by atoms with Crippen LogP contribution in [-0.2, 0) is 19.4 Å². The Labute approximate surface area is 129 Å². The number of rotatable bonds is 6. The second-order valence-corrected chi connectivity index (χ2v) is 5.08. The Kier molecular flexibility index (Phi) is 5.02. The topological polar surface area (TPSA) is 44.1 Å². The average Bonchev–Trinajstić information content (AvgIpc) is 2.83. The molecule has 0 atom stereocenters. The second-order valence-electron chi connectivity index (χ2n) is 4.71. The molecule has 0 amide bonds. The molecule has 0 saturated carbocycles. The van der Waals surface area contributed by atoms with Gasteiger partial charge in [0.25, 0.3) is 0 Å². The van der Waals surface area contributed by atoms with Crippen LogP contribution in [0.25, 0.3) is 0 Å². The fourth-order valence-corrected chi connectivity index (χ4v) is 2.55. The van der Waals surface area contributed by atoms with Crippen molar-refractivity contribution in [3.8, 4) is 5.75 Å². The Morgan fingerprint density at radius 3 is 2.48 bits per heavy atom. The lowest BCUT2D eigenvalue weighted by atomic mass is 10.1. The van der Waals surface area contributed by atoms with E-state index < -0.39 is 0 Å². The number of benzene rings is 1. The third-order valence-electron chi connectivity index (χ3n) is 3.43. The number of Topliss-reactive ketones (excluding diaryl/α,β-unsaturated/α-hetero) is 1. The highest BCUT2D eigenvalue weighted by molar-refractivity contribution is 6.32. The number of aryl methyl sites for hydroxylation is 2. The summed E-state index contributed by atoms with van der Waals surface area (Å²) in [5.74, 6) is 0.758. The Bertz CT molecular complexity index is 632. The fraction of sp³-hybridized carbons (Fsp3) is 0.375. The van der Waals surface area contributed by atoms with E-state index in [0.717, 1.165) is 23.6 Å². The van der Waals surface area contributed by atoms with Crippen molar-refractivity contribution in [2.24, 2.45) is 0 Å². The Morgan fingerprint density at radius 2 is 1.95 bits per heavy atom. The molecule has 1 heterocycles. The highest BCUT2D eigenvalue weighted by Gasteiger charge is 2.18. The van der Waals surface area contributed by atoms with Crippen molar-refractivity contribution in [2.75, 3.05) is 7.11 Å². The minimum absolute atomic E-state index is 0.0248. The smallest absolute Gasteiger partial charge is 0.168 e. The third kappa shape index (κ3) is 3.27. The Hall–Kier alpha value is -1.81. The first-order chi connectivity index (χ1) is 10.1. The van der Waals surface area contributed by atoms with Crippen LogP contribution < -0.4 is 4.74 Å². The number of carbonyl (C=O) groups is 1. The number of methoxy groups -OCH3 is 1. The molecule has 0 bridgehead atoms. The van der Waals surface area contributed by atoms with Gasteiger partial charge in [0.1, 0.15) is 5.75 Å². The summed E-state index contributed by atoms with van der Waals surface area (Å²) in [6, 6.07) is 7.10. The molecule has 0 saturated heterocycles. The van der Waals surface area contributed by atoms with Gasteiger partial charge in [-0.3, -0.25) is 9.48 Å². The number of halogens is 1. The minimum atomic E-state index is 0.0248. The van der Waals surface area contributed by atoms with E-state index >= 15 is 0 Å². The molecule has 1 aromatic heterocycles. The number of ether oxygens (including phenoxy) is 1. The first kappa shape index (κ1) is 15.6. The van der Waals surface area contributed by atoms with E-state index in [1.807, 2.05) is 18.5 Å². The standard InChI is InChI=1S/C16H19ClN2O2/c1-4-13-16(17)14(19(5-2)18-13)10-15(20)11-6-8-12(21-3)9-7-11/h6-9H,4-5,10H2,1-3H3. The van der Waals surface area contributed by atoms with Crippen molar-refractivity contribution in [3.63, 3.8) is 0 Å². The molecule has 4 nitrogen and oxygen atoms in total. The molecule has 0 N–H and O–H groups in total. The second kappa shape index (κ2) is 6.76. The maximum absolute atomic E-state index is 12.4. The summed E-state index contributed by atoms with van der Waals surface area (Å²) < 4.78 is 6.90. The highest BCUT2D eigenvalue weighted by atomic mass is 35.5. The van der Waals surface area contributed by atoms with Gasteiger partial charge in [0.05, 0.1) is 29.9 Å². The van der Waals surface area contributed by atoms with Gasteiger partial charge in [0.2, 0.25) is 0 Å². The fourth-order valence-electron chi connectivity index (χ4n) is 2.22. The summed E-state index contributed by atoms with van der Waals surface area (Å²) in [6.07, 6.45) is 1.02.